The summed E-state index contributed by atoms with van der Waals surface area (Å²) >= 11 is 0. The summed E-state index contributed by atoms with van der Waals surface area (Å²) in [5, 5.41) is 12.0. The van der Waals surface area contributed by atoms with E-state index in [1.165, 1.54) is 5.56 Å². The molecule has 0 aliphatic rings. The lowest BCUT2D eigenvalue weighted by Crippen LogP contribution is -2.19. The van der Waals surface area contributed by atoms with Gasteiger partial charge in [-0.2, -0.15) is 5.26 Å². The minimum atomic E-state index is 0.210. The van der Waals surface area contributed by atoms with Crippen molar-refractivity contribution in [3.05, 3.63) is 53.9 Å². The fourth-order valence-electron chi connectivity index (χ4n) is 1.73. The summed E-state index contributed by atoms with van der Waals surface area (Å²) in [7, 11) is 0. The van der Waals surface area contributed by atoms with E-state index in [-0.39, 0.29) is 6.04 Å². The quantitative estimate of drug-likeness (QED) is 0.888. The molecule has 0 amide bonds. The van der Waals surface area contributed by atoms with Gasteiger partial charge in [-0.15, -0.1) is 0 Å². The van der Waals surface area contributed by atoms with Crippen molar-refractivity contribution < 1.29 is 0 Å². The van der Waals surface area contributed by atoms with E-state index in [1.807, 2.05) is 24.3 Å². The molecule has 1 aromatic carbocycles. The lowest BCUT2D eigenvalue weighted by molar-refractivity contribution is 0.776. The van der Waals surface area contributed by atoms with Gasteiger partial charge in [0.15, 0.2) is 0 Å². The van der Waals surface area contributed by atoms with Gasteiger partial charge < -0.3 is 5.32 Å². The number of hydrogen-bond donors (Lipinski definition) is 1. The highest BCUT2D eigenvalue weighted by molar-refractivity contribution is 5.31. The van der Waals surface area contributed by atoms with Gasteiger partial charge in [-0.3, -0.25) is 0 Å². The van der Waals surface area contributed by atoms with Crippen LogP contribution in [0, 0.1) is 11.3 Å². The van der Waals surface area contributed by atoms with Gasteiger partial charge in [0, 0.05) is 12.2 Å². The molecule has 0 saturated carbocycles. The minimum Gasteiger partial charge on any atom is -0.351 e. The third-order valence-electron chi connectivity index (χ3n) is 2.53. The second-order valence-corrected chi connectivity index (χ2v) is 4.11. The van der Waals surface area contributed by atoms with Crippen molar-refractivity contribution in [2.45, 2.75) is 19.4 Å². The molecule has 2 rings (SSSR count). The van der Waals surface area contributed by atoms with Crippen molar-refractivity contribution in [3.63, 3.8) is 0 Å². The number of hydrogen-bond acceptors (Lipinski definition) is 4. The molecular formula is C14H14N4. The Kier molecular flexibility index (Phi) is 3.87. The first kappa shape index (κ1) is 12.1. The summed E-state index contributed by atoms with van der Waals surface area (Å²) in [6.45, 7) is 2.06. The predicted octanol–water partition coefficient (Wildman–Crippen LogP) is 2.39. The fraction of sp³-hybridized carbons (Fsp3) is 0.214. The Hall–Kier alpha value is -2.41. The first-order valence-electron chi connectivity index (χ1n) is 5.81. The van der Waals surface area contributed by atoms with Crippen LogP contribution < -0.4 is 5.32 Å². The van der Waals surface area contributed by atoms with Gasteiger partial charge in [0.1, 0.15) is 11.8 Å². The summed E-state index contributed by atoms with van der Waals surface area (Å²) in [4.78, 5) is 8.19. The number of rotatable bonds is 4. The number of nitrogens with zero attached hydrogens (tertiary/aromatic N) is 3. The largest absolute Gasteiger partial charge is 0.351 e. The van der Waals surface area contributed by atoms with Crippen LogP contribution in [0.3, 0.4) is 0 Å². The maximum absolute atomic E-state index is 8.76. The van der Waals surface area contributed by atoms with Crippen LogP contribution in [0.1, 0.15) is 18.2 Å². The average molecular weight is 238 g/mol. The molecule has 0 aliphatic heterocycles. The Bertz CT molecular complexity index is 545. The Morgan fingerprint density at radius 2 is 2.06 bits per heavy atom. The van der Waals surface area contributed by atoms with Crippen LogP contribution in [0.15, 0.2) is 42.6 Å². The minimum absolute atomic E-state index is 0.210. The van der Waals surface area contributed by atoms with E-state index in [2.05, 4.69) is 34.3 Å². The van der Waals surface area contributed by atoms with Gasteiger partial charge in [-0.25, -0.2) is 9.97 Å². The first-order chi connectivity index (χ1) is 8.78. The number of anilines is 1. The summed E-state index contributed by atoms with van der Waals surface area (Å²) < 4.78 is 0. The normalized spacial score (nSPS) is 11.6. The SMILES string of the molecule is CC(Cc1ccccc1)Nc1nccc(C#N)n1. The second kappa shape index (κ2) is 5.78. The van der Waals surface area contributed by atoms with Gasteiger partial charge in [0.2, 0.25) is 5.95 Å². The topological polar surface area (TPSA) is 61.6 Å². The van der Waals surface area contributed by atoms with E-state index >= 15 is 0 Å². The molecule has 1 N–H and O–H groups in total. The molecule has 90 valence electrons. The molecule has 4 heteroatoms. The molecule has 2 aromatic rings. The average Bonchev–Trinajstić information content (AvgIpc) is 2.40. The van der Waals surface area contributed by atoms with Gasteiger partial charge >= 0.3 is 0 Å². The summed E-state index contributed by atoms with van der Waals surface area (Å²) in [5.41, 5.74) is 1.63. The van der Waals surface area contributed by atoms with Crippen LogP contribution in [-0.2, 0) is 6.42 Å². The monoisotopic (exact) mass is 238 g/mol. The lowest BCUT2D eigenvalue weighted by Gasteiger charge is -2.13. The van der Waals surface area contributed by atoms with Crippen LogP contribution >= 0.6 is 0 Å². The number of nitrogens with one attached hydrogen (secondary N) is 1. The van der Waals surface area contributed by atoms with Crippen LogP contribution in [0.5, 0.6) is 0 Å². The summed E-state index contributed by atoms with van der Waals surface area (Å²) in [6.07, 6.45) is 2.48. The summed E-state index contributed by atoms with van der Waals surface area (Å²) in [6, 6.07) is 14.0. The van der Waals surface area contributed by atoms with Crippen molar-refractivity contribution in [2.75, 3.05) is 5.32 Å². The predicted molar refractivity (Wildman–Crippen MR) is 70.0 cm³/mol. The highest BCUT2D eigenvalue weighted by atomic mass is 15.1. The molecule has 0 spiro atoms. The van der Waals surface area contributed by atoms with E-state index in [0.717, 1.165) is 6.42 Å². The molecule has 0 aliphatic carbocycles. The van der Waals surface area contributed by atoms with Crippen LogP contribution in [0.25, 0.3) is 0 Å². The molecule has 1 heterocycles. The van der Waals surface area contributed by atoms with Crippen molar-refractivity contribution in [1.82, 2.24) is 9.97 Å². The highest BCUT2D eigenvalue weighted by Gasteiger charge is 2.05. The van der Waals surface area contributed by atoms with Crippen LogP contribution in [0.2, 0.25) is 0 Å². The van der Waals surface area contributed by atoms with Crippen molar-refractivity contribution in [2.24, 2.45) is 0 Å². The van der Waals surface area contributed by atoms with Crippen molar-refractivity contribution in [1.29, 1.82) is 5.26 Å². The van der Waals surface area contributed by atoms with Gasteiger partial charge in [-0.1, -0.05) is 30.3 Å². The maximum Gasteiger partial charge on any atom is 0.224 e. The van der Waals surface area contributed by atoms with Gasteiger partial charge in [0.25, 0.3) is 0 Å². The van der Waals surface area contributed by atoms with E-state index in [4.69, 9.17) is 5.26 Å². The van der Waals surface area contributed by atoms with Crippen molar-refractivity contribution in [3.8, 4) is 6.07 Å². The first-order valence-corrected chi connectivity index (χ1v) is 5.81. The number of aromatic nitrogens is 2. The van der Waals surface area contributed by atoms with Crippen LogP contribution in [-0.4, -0.2) is 16.0 Å². The zero-order valence-corrected chi connectivity index (χ0v) is 10.2. The standard InChI is InChI=1S/C14H14N4/c1-11(9-12-5-3-2-4-6-12)17-14-16-8-7-13(10-15)18-14/h2-8,11H,9H2,1H3,(H,16,17,18). The Balaban J connectivity index is 1.99. The van der Waals surface area contributed by atoms with Crippen LogP contribution in [0.4, 0.5) is 5.95 Å². The zero-order chi connectivity index (χ0) is 12.8. The molecule has 1 unspecified atom stereocenters. The third-order valence-corrected chi connectivity index (χ3v) is 2.53. The maximum atomic E-state index is 8.76. The fourth-order valence-corrected chi connectivity index (χ4v) is 1.73. The zero-order valence-electron chi connectivity index (χ0n) is 10.2. The number of nitriles is 1. The molecule has 1 aromatic heterocycles. The summed E-state index contributed by atoms with van der Waals surface area (Å²) in [5.74, 6) is 0.498. The lowest BCUT2D eigenvalue weighted by atomic mass is 10.1. The second-order valence-electron chi connectivity index (χ2n) is 4.11. The third kappa shape index (κ3) is 3.29. The van der Waals surface area contributed by atoms with E-state index < -0.39 is 0 Å². The molecule has 0 radical (unpaired) electrons. The Labute approximate surface area is 106 Å². The smallest absolute Gasteiger partial charge is 0.224 e. The highest BCUT2D eigenvalue weighted by Crippen LogP contribution is 2.07. The van der Waals surface area contributed by atoms with Gasteiger partial charge in [-0.05, 0) is 25.0 Å². The van der Waals surface area contributed by atoms with E-state index in [1.54, 1.807) is 12.3 Å². The number of benzene rings is 1. The van der Waals surface area contributed by atoms with Crippen molar-refractivity contribution >= 4 is 5.95 Å². The van der Waals surface area contributed by atoms with Gasteiger partial charge in [0.05, 0.1) is 0 Å². The molecule has 1 atom stereocenters. The molecule has 4 nitrogen and oxygen atoms in total. The molecule has 0 saturated heterocycles. The molecule has 18 heavy (non-hydrogen) atoms. The molecule has 0 bridgehead atoms. The van der Waals surface area contributed by atoms with E-state index in [9.17, 15) is 0 Å². The molecule has 0 fully saturated rings. The van der Waals surface area contributed by atoms with E-state index in [0.29, 0.717) is 11.6 Å². The molecular weight excluding hydrogens is 224 g/mol. The Morgan fingerprint density at radius 3 is 2.78 bits per heavy atom. The Morgan fingerprint density at radius 1 is 1.28 bits per heavy atom.